The van der Waals surface area contributed by atoms with Gasteiger partial charge in [0.15, 0.2) is 0 Å². The van der Waals surface area contributed by atoms with E-state index in [4.69, 9.17) is 9.72 Å². The third-order valence-electron chi connectivity index (χ3n) is 6.41. The molecule has 41 heavy (non-hydrogen) atoms. The minimum absolute atomic E-state index is 0. The van der Waals surface area contributed by atoms with Crippen molar-refractivity contribution in [2.75, 3.05) is 78.3 Å². The molecule has 3 N–H and O–H groups in total. The van der Waals surface area contributed by atoms with Crippen LogP contribution < -0.4 is 19.4 Å². The zero-order valence-electron chi connectivity index (χ0n) is 22.5. The summed E-state index contributed by atoms with van der Waals surface area (Å²) in [7, 11) is -12.5. The van der Waals surface area contributed by atoms with E-state index in [1.807, 2.05) is 29.2 Å². The average Bonchev–Trinajstić information content (AvgIpc) is 2.82. The fourth-order valence-electron chi connectivity index (χ4n) is 4.51. The topological polar surface area (TPSA) is 216 Å². The first kappa shape index (κ1) is 37.5. The summed E-state index contributed by atoms with van der Waals surface area (Å²) >= 11 is 0. The Morgan fingerprint density at radius 3 is 1.54 bits per heavy atom. The molecule has 2 aromatic rings. The smallest absolute Gasteiger partial charge is 0.778 e. The van der Waals surface area contributed by atoms with Gasteiger partial charge in [0, 0.05) is 64.3 Å². The van der Waals surface area contributed by atoms with Crippen molar-refractivity contribution in [2.45, 2.75) is 6.54 Å². The van der Waals surface area contributed by atoms with Crippen LogP contribution in [0.15, 0.2) is 30.3 Å². The maximum atomic E-state index is 11.7. The second-order valence-electron chi connectivity index (χ2n) is 9.83. The number of pyridine rings is 1. The number of fused-ring (bicyclic) bond motifs is 1. The minimum atomic E-state index is -4.72. The number of hydrogen-bond acceptors (Lipinski definition) is 12. The van der Waals surface area contributed by atoms with Gasteiger partial charge in [-0.25, -0.2) is 0 Å². The summed E-state index contributed by atoms with van der Waals surface area (Å²) in [5.41, 5.74) is 1.46. The number of hydrogen-bond donors (Lipinski definition) is 3. The van der Waals surface area contributed by atoms with Crippen molar-refractivity contribution < 1.29 is 97.2 Å². The van der Waals surface area contributed by atoms with Gasteiger partial charge in [-0.1, -0.05) is 6.07 Å². The number of rotatable bonds is 9. The molecule has 0 spiro atoms. The van der Waals surface area contributed by atoms with E-state index in [1.165, 1.54) is 14.7 Å². The van der Waals surface area contributed by atoms with Gasteiger partial charge < -0.3 is 47.8 Å². The van der Waals surface area contributed by atoms with Crippen LogP contribution in [-0.4, -0.2) is 118 Å². The number of ether oxygens (including phenoxy) is 1. The van der Waals surface area contributed by atoms with Gasteiger partial charge in [-0.3, -0.25) is 24.6 Å². The quantitative estimate of drug-likeness (QED) is 0.247. The van der Waals surface area contributed by atoms with Crippen LogP contribution in [0.1, 0.15) is 5.69 Å². The third-order valence-corrected chi connectivity index (χ3v) is 8.68. The normalized spacial score (nSPS) is 21.9. The van der Waals surface area contributed by atoms with Crippen LogP contribution in [0.2, 0.25) is 0 Å². The van der Waals surface area contributed by atoms with E-state index in [2.05, 4.69) is 0 Å². The summed E-state index contributed by atoms with van der Waals surface area (Å²) in [6.45, 7) is 1.47. The predicted molar refractivity (Wildman–Crippen MR) is 142 cm³/mol. The molecule has 1 fully saturated rings. The van der Waals surface area contributed by atoms with E-state index < -0.39 is 41.6 Å². The van der Waals surface area contributed by atoms with Crippen LogP contribution in [0.3, 0.4) is 0 Å². The molecule has 0 radical (unpaired) electrons. The molecule has 2 heterocycles. The number of nitrogens with zero attached hydrogens (tertiary/aromatic N) is 5. The molecule has 230 valence electrons. The largest absolute Gasteiger partial charge is 3.00 e. The first-order chi connectivity index (χ1) is 18.6. The molecule has 1 aromatic heterocycles. The Bertz CT molecular complexity index is 1240. The molecule has 0 amide bonds. The maximum absolute atomic E-state index is 11.7. The van der Waals surface area contributed by atoms with E-state index in [1.54, 1.807) is 13.2 Å². The Morgan fingerprint density at radius 1 is 0.732 bits per heavy atom. The van der Waals surface area contributed by atoms with Gasteiger partial charge in [0.1, 0.15) is 28.5 Å². The fourth-order valence-corrected chi connectivity index (χ4v) is 6.87. The van der Waals surface area contributed by atoms with Crippen LogP contribution in [0.5, 0.6) is 5.75 Å². The fraction of sp³-hybridized carbons (Fsp3) is 0.591. The van der Waals surface area contributed by atoms with Crippen molar-refractivity contribution in [1.82, 2.24) is 24.6 Å². The van der Waals surface area contributed by atoms with Gasteiger partial charge in [0.05, 0.1) is 37.2 Å². The Hall–Kier alpha value is 0.304. The van der Waals surface area contributed by atoms with E-state index in [0.29, 0.717) is 25.4 Å². The Kier molecular flexibility index (Phi) is 15.1. The van der Waals surface area contributed by atoms with E-state index in [0.717, 1.165) is 16.6 Å². The summed E-state index contributed by atoms with van der Waals surface area (Å²) < 4.78 is 40.2. The van der Waals surface area contributed by atoms with Crippen molar-refractivity contribution in [2.24, 2.45) is 0 Å². The minimum Gasteiger partial charge on any atom is -0.778 e. The molecule has 0 bridgehead atoms. The predicted octanol–water partition coefficient (Wildman–Crippen LogP) is -1.53. The molecule has 15 nitrogen and oxygen atoms in total. The standard InChI is InChI=1S/C22H38N5O10P3.Eu/c1-37-21-4-5-22-19(14-21)2-3-20(23-22)15-24-6-8-25(16-38(28,29)30)10-12-27(18-40(34,35)36)13-11-26(9-7-24)17-39(31,32)33;/h2-5,14H,6-13,15-18H2,1H3,(H2,28,29,30)(H2,31,32,33)(H2,34,35,36);/q;+3/p-3. The second kappa shape index (κ2) is 16.6. The van der Waals surface area contributed by atoms with Crippen molar-refractivity contribution in [3.05, 3.63) is 36.0 Å². The van der Waals surface area contributed by atoms with Gasteiger partial charge >= 0.3 is 49.4 Å². The number of methoxy groups -OCH3 is 1. The van der Waals surface area contributed by atoms with Crippen molar-refractivity contribution >= 4 is 33.7 Å². The molecule has 1 aliphatic rings. The first-order valence-electron chi connectivity index (χ1n) is 12.5. The van der Waals surface area contributed by atoms with Crippen molar-refractivity contribution in [3.8, 4) is 5.75 Å². The zero-order chi connectivity index (χ0) is 29.6. The number of benzene rings is 1. The molecule has 1 aromatic carbocycles. The maximum Gasteiger partial charge on any atom is 3.00 e. The molecule has 0 saturated carbocycles. The molecule has 3 atom stereocenters. The molecule has 1 saturated heterocycles. The number of aromatic nitrogens is 1. The summed E-state index contributed by atoms with van der Waals surface area (Å²) in [5.74, 6) is 0.694. The average molecular weight is 774 g/mol. The van der Waals surface area contributed by atoms with Crippen LogP contribution in [0, 0.1) is 49.4 Å². The summed E-state index contributed by atoms with van der Waals surface area (Å²) in [4.78, 5) is 74.2. The van der Waals surface area contributed by atoms with Crippen LogP contribution in [0.4, 0.5) is 0 Å². The SMILES string of the molecule is COc1ccc2nc(CN3CCN(CP(=O)([O-])O)CCN(CP(=O)([O-])O)CCN(CP(=O)([O-])O)CC3)ccc2c1.[Eu+3]. The molecular formula is C22H35EuN5O10P3. The molecule has 1 aliphatic heterocycles. The van der Waals surface area contributed by atoms with Crippen molar-refractivity contribution in [1.29, 1.82) is 0 Å². The monoisotopic (exact) mass is 775 g/mol. The van der Waals surface area contributed by atoms with Gasteiger partial charge in [-0.05, 0) is 24.3 Å². The zero-order valence-corrected chi connectivity index (χ0v) is 27.6. The van der Waals surface area contributed by atoms with Crippen LogP contribution in [0.25, 0.3) is 10.9 Å². The van der Waals surface area contributed by atoms with E-state index in [9.17, 15) is 43.1 Å². The van der Waals surface area contributed by atoms with Crippen LogP contribution >= 0.6 is 22.8 Å². The van der Waals surface area contributed by atoms with Gasteiger partial charge in [0.25, 0.3) is 0 Å². The first-order valence-corrected chi connectivity index (χ1v) is 17.8. The summed E-state index contributed by atoms with van der Waals surface area (Å²) in [6, 6.07) is 9.23. The molecular weight excluding hydrogens is 739 g/mol. The van der Waals surface area contributed by atoms with Crippen LogP contribution in [-0.2, 0) is 20.2 Å². The molecule has 3 rings (SSSR count). The van der Waals surface area contributed by atoms with E-state index in [-0.39, 0.29) is 88.6 Å². The Labute approximate surface area is 279 Å². The second-order valence-corrected chi connectivity index (χ2v) is 14.5. The summed E-state index contributed by atoms with van der Waals surface area (Å²) in [6.07, 6.45) is -2.01. The van der Waals surface area contributed by atoms with Gasteiger partial charge in [-0.15, -0.1) is 0 Å². The van der Waals surface area contributed by atoms with Gasteiger partial charge in [-0.2, -0.15) is 0 Å². The molecule has 19 heteroatoms. The summed E-state index contributed by atoms with van der Waals surface area (Å²) in [5, 5.41) is 0.882. The van der Waals surface area contributed by atoms with Gasteiger partial charge in [0.2, 0.25) is 0 Å². The van der Waals surface area contributed by atoms with Crippen molar-refractivity contribution in [3.63, 3.8) is 0 Å². The molecule has 3 unspecified atom stereocenters. The van der Waals surface area contributed by atoms with E-state index >= 15 is 0 Å². The Morgan fingerprint density at radius 2 is 1.15 bits per heavy atom. The Balaban J connectivity index is 0.00000588. The molecule has 0 aliphatic carbocycles. The third kappa shape index (κ3) is 14.8.